The molecule has 2 aliphatic rings. The molecule has 96 valence electrons. The monoisotopic (exact) mass is 245 g/mol. The van der Waals surface area contributed by atoms with E-state index >= 15 is 0 Å². The molecule has 1 saturated carbocycles. The van der Waals surface area contributed by atoms with Crippen LogP contribution >= 0.6 is 0 Å². The molecule has 3 rings (SSSR count). The van der Waals surface area contributed by atoms with Gasteiger partial charge in [-0.3, -0.25) is 4.79 Å². The molecular formula is C14H19N3O. The van der Waals surface area contributed by atoms with Crippen LogP contribution in [-0.2, 0) is 4.79 Å². The van der Waals surface area contributed by atoms with Crippen LogP contribution < -0.4 is 16.0 Å². The van der Waals surface area contributed by atoms with Crippen LogP contribution in [0.25, 0.3) is 0 Å². The fourth-order valence-corrected chi connectivity index (χ4v) is 3.01. The Morgan fingerprint density at radius 2 is 1.94 bits per heavy atom. The van der Waals surface area contributed by atoms with Crippen LogP contribution in [-0.4, -0.2) is 24.5 Å². The van der Waals surface area contributed by atoms with Crippen LogP contribution in [0.1, 0.15) is 25.7 Å². The molecule has 1 fully saturated rings. The van der Waals surface area contributed by atoms with Crippen molar-refractivity contribution in [1.82, 2.24) is 0 Å². The number of carbonyl (C=O) groups excluding carboxylic acids is 1. The molecule has 1 aliphatic carbocycles. The van der Waals surface area contributed by atoms with E-state index in [1.807, 2.05) is 18.2 Å². The number of anilines is 2. The normalized spacial score (nSPS) is 24.6. The molecule has 1 heterocycles. The van der Waals surface area contributed by atoms with Gasteiger partial charge in [0.25, 0.3) is 0 Å². The maximum atomic E-state index is 11.9. The van der Waals surface area contributed by atoms with Gasteiger partial charge in [-0.1, -0.05) is 25.0 Å². The molecule has 1 atom stereocenters. The van der Waals surface area contributed by atoms with Crippen LogP contribution in [0.5, 0.6) is 0 Å². The molecule has 0 saturated heterocycles. The Kier molecular flexibility index (Phi) is 2.96. The topological polar surface area (TPSA) is 58.4 Å². The van der Waals surface area contributed by atoms with Gasteiger partial charge in [-0.25, -0.2) is 0 Å². The molecule has 18 heavy (non-hydrogen) atoms. The van der Waals surface area contributed by atoms with Crippen molar-refractivity contribution in [2.75, 3.05) is 16.8 Å². The summed E-state index contributed by atoms with van der Waals surface area (Å²) in [4.78, 5) is 14.2. The van der Waals surface area contributed by atoms with Gasteiger partial charge in [0, 0.05) is 12.6 Å². The molecule has 4 nitrogen and oxygen atoms in total. The summed E-state index contributed by atoms with van der Waals surface area (Å²) in [6.45, 7) is 0.619. The largest absolute Gasteiger partial charge is 0.365 e. The second-order valence-electron chi connectivity index (χ2n) is 5.20. The molecule has 0 bridgehead atoms. The summed E-state index contributed by atoms with van der Waals surface area (Å²) in [5, 5.41) is 2.92. The van der Waals surface area contributed by atoms with E-state index < -0.39 is 6.04 Å². The number of amides is 1. The zero-order valence-corrected chi connectivity index (χ0v) is 10.4. The van der Waals surface area contributed by atoms with Gasteiger partial charge in [-0.05, 0) is 25.0 Å². The molecule has 0 aromatic heterocycles. The Bertz CT molecular complexity index is 454. The Hall–Kier alpha value is -1.55. The molecule has 1 aromatic rings. The van der Waals surface area contributed by atoms with E-state index in [1.165, 1.54) is 25.7 Å². The fourth-order valence-electron chi connectivity index (χ4n) is 3.01. The number of benzene rings is 1. The summed E-state index contributed by atoms with van der Waals surface area (Å²) in [6, 6.07) is 8.08. The predicted octanol–water partition coefficient (Wildman–Crippen LogP) is 1.71. The molecule has 1 aliphatic heterocycles. The lowest BCUT2D eigenvalue weighted by Crippen LogP contribution is -2.46. The minimum atomic E-state index is -0.446. The predicted molar refractivity (Wildman–Crippen MR) is 72.6 cm³/mol. The van der Waals surface area contributed by atoms with Crippen molar-refractivity contribution in [2.24, 2.45) is 5.73 Å². The lowest BCUT2D eigenvalue weighted by molar-refractivity contribution is -0.117. The third-order valence-electron chi connectivity index (χ3n) is 3.97. The zero-order valence-electron chi connectivity index (χ0n) is 10.4. The summed E-state index contributed by atoms with van der Waals surface area (Å²) in [5.74, 6) is -0.0806. The van der Waals surface area contributed by atoms with Crippen LogP contribution in [0.15, 0.2) is 24.3 Å². The highest BCUT2D eigenvalue weighted by Gasteiger charge is 2.30. The van der Waals surface area contributed by atoms with Gasteiger partial charge in [0.2, 0.25) is 5.91 Å². The lowest BCUT2D eigenvalue weighted by Gasteiger charge is -2.31. The molecule has 4 heteroatoms. The van der Waals surface area contributed by atoms with Crippen molar-refractivity contribution in [3.8, 4) is 0 Å². The van der Waals surface area contributed by atoms with Crippen LogP contribution in [0.2, 0.25) is 0 Å². The van der Waals surface area contributed by atoms with Crippen molar-refractivity contribution in [2.45, 2.75) is 37.8 Å². The molecular weight excluding hydrogens is 226 g/mol. The standard InChI is InChI=1S/C14H19N3O/c15-11-9-17(10-5-1-2-6-10)13-8-4-3-7-12(13)16-14(11)18/h3-4,7-8,10-11H,1-2,5-6,9,15H2,(H,16,18). The SMILES string of the molecule is NC1CN(C2CCCC2)c2ccccc2NC1=O. The Labute approximate surface area is 107 Å². The quantitative estimate of drug-likeness (QED) is 0.792. The highest BCUT2D eigenvalue weighted by Crippen LogP contribution is 2.34. The van der Waals surface area contributed by atoms with E-state index in [0.29, 0.717) is 12.6 Å². The summed E-state index contributed by atoms with van der Waals surface area (Å²) in [6.07, 6.45) is 4.96. The summed E-state index contributed by atoms with van der Waals surface area (Å²) in [7, 11) is 0. The average molecular weight is 245 g/mol. The van der Waals surface area contributed by atoms with Crippen LogP contribution in [0.3, 0.4) is 0 Å². The van der Waals surface area contributed by atoms with Gasteiger partial charge in [-0.2, -0.15) is 0 Å². The minimum absolute atomic E-state index is 0.0806. The molecule has 0 spiro atoms. The van der Waals surface area contributed by atoms with E-state index in [0.717, 1.165) is 11.4 Å². The van der Waals surface area contributed by atoms with Crippen molar-refractivity contribution in [3.05, 3.63) is 24.3 Å². The average Bonchev–Trinajstić information content (AvgIpc) is 2.86. The molecule has 3 N–H and O–H groups in total. The zero-order chi connectivity index (χ0) is 12.5. The number of nitrogens with one attached hydrogen (secondary N) is 1. The summed E-state index contributed by atoms with van der Waals surface area (Å²) in [5.41, 5.74) is 7.97. The van der Waals surface area contributed by atoms with Gasteiger partial charge >= 0.3 is 0 Å². The maximum Gasteiger partial charge on any atom is 0.243 e. The van der Waals surface area contributed by atoms with Gasteiger partial charge < -0.3 is 16.0 Å². The number of rotatable bonds is 1. The Morgan fingerprint density at radius 3 is 2.72 bits per heavy atom. The number of para-hydroxylation sites is 2. The second-order valence-corrected chi connectivity index (χ2v) is 5.20. The number of hydrogen-bond donors (Lipinski definition) is 2. The first-order valence-electron chi connectivity index (χ1n) is 6.68. The highest BCUT2D eigenvalue weighted by molar-refractivity contribution is 5.99. The second kappa shape index (κ2) is 4.61. The van der Waals surface area contributed by atoms with Gasteiger partial charge in [-0.15, -0.1) is 0 Å². The first-order valence-corrected chi connectivity index (χ1v) is 6.68. The third kappa shape index (κ3) is 1.97. The van der Waals surface area contributed by atoms with Gasteiger partial charge in [0.1, 0.15) is 6.04 Å². The molecule has 1 unspecified atom stereocenters. The fraction of sp³-hybridized carbons (Fsp3) is 0.500. The van der Waals surface area contributed by atoms with E-state index in [-0.39, 0.29) is 5.91 Å². The van der Waals surface area contributed by atoms with Crippen LogP contribution in [0, 0.1) is 0 Å². The number of nitrogens with zero attached hydrogens (tertiary/aromatic N) is 1. The first kappa shape index (κ1) is 11.5. The number of hydrogen-bond acceptors (Lipinski definition) is 3. The van der Waals surface area contributed by atoms with E-state index in [4.69, 9.17) is 5.73 Å². The number of carbonyl (C=O) groups is 1. The maximum absolute atomic E-state index is 11.9. The first-order chi connectivity index (χ1) is 8.75. The van der Waals surface area contributed by atoms with Crippen molar-refractivity contribution < 1.29 is 4.79 Å². The van der Waals surface area contributed by atoms with Gasteiger partial charge in [0.15, 0.2) is 0 Å². The van der Waals surface area contributed by atoms with Crippen molar-refractivity contribution in [3.63, 3.8) is 0 Å². The Morgan fingerprint density at radius 1 is 1.22 bits per heavy atom. The van der Waals surface area contributed by atoms with E-state index in [2.05, 4.69) is 16.3 Å². The molecule has 0 radical (unpaired) electrons. The highest BCUT2D eigenvalue weighted by atomic mass is 16.2. The van der Waals surface area contributed by atoms with Crippen LogP contribution in [0.4, 0.5) is 11.4 Å². The Balaban J connectivity index is 1.98. The third-order valence-corrected chi connectivity index (χ3v) is 3.97. The molecule has 1 aromatic carbocycles. The lowest BCUT2D eigenvalue weighted by atomic mass is 10.1. The van der Waals surface area contributed by atoms with E-state index in [1.54, 1.807) is 0 Å². The number of fused-ring (bicyclic) bond motifs is 1. The van der Waals surface area contributed by atoms with E-state index in [9.17, 15) is 4.79 Å². The minimum Gasteiger partial charge on any atom is -0.365 e. The van der Waals surface area contributed by atoms with Crippen molar-refractivity contribution in [1.29, 1.82) is 0 Å². The van der Waals surface area contributed by atoms with Crippen molar-refractivity contribution >= 4 is 17.3 Å². The smallest absolute Gasteiger partial charge is 0.243 e. The number of nitrogens with two attached hydrogens (primary N) is 1. The molecule has 1 amide bonds. The van der Waals surface area contributed by atoms with Gasteiger partial charge in [0.05, 0.1) is 11.4 Å². The summed E-state index contributed by atoms with van der Waals surface area (Å²) >= 11 is 0. The summed E-state index contributed by atoms with van der Waals surface area (Å²) < 4.78 is 0.